The monoisotopic (exact) mass is 1210 g/mol. The van der Waals surface area contributed by atoms with E-state index in [4.69, 9.17) is 32.5 Å². The second kappa shape index (κ2) is 38.2. The van der Waals surface area contributed by atoms with E-state index in [1.165, 1.54) is 108 Å². The highest BCUT2D eigenvalue weighted by atomic mass is 79.9. The van der Waals surface area contributed by atoms with Gasteiger partial charge in [0.25, 0.3) is 0 Å². The van der Waals surface area contributed by atoms with Gasteiger partial charge in [-0.3, -0.25) is 9.59 Å². The molecular formula is C75H85BrO9. The van der Waals surface area contributed by atoms with Gasteiger partial charge >= 0.3 is 0 Å². The normalized spacial score (nSPS) is 11.1. The summed E-state index contributed by atoms with van der Waals surface area (Å²) in [4.78, 5) is 26.3. The highest BCUT2D eigenvalue weighted by Gasteiger charge is 2.23. The Morgan fingerprint density at radius 1 is 0.365 bits per heavy atom. The summed E-state index contributed by atoms with van der Waals surface area (Å²) in [5.74, 6) is 2.95. The molecule has 85 heavy (non-hydrogen) atoms. The summed E-state index contributed by atoms with van der Waals surface area (Å²) in [7, 11) is 0. The summed E-state index contributed by atoms with van der Waals surface area (Å²) in [6.07, 6.45) is 30.4. The number of allylic oxidation sites excluding steroid dienone is 2. The Kier molecular flexibility index (Phi) is 29.1. The molecule has 8 rings (SSSR count). The van der Waals surface area contributed by atoms with Gasteiger partial charge in [0.15, 0.2) is 17.3 Å². The van der Waals surface area contributed by atoms with Crippen LogP contribution in [0.2, 0.25) is 0 Å². The van der Waals surface area contributed by atoms with Crippen molar-refractivity contribution in [2.75, 3.05) is 0 Å². The van der Waals surface area contributed by atoms with Crippen LogP contribution in [-0.2, 0) is 33.0 Å². The minimum absolute atomic E-state index is 0.111. The molecule has 0 aliphatic heterocycles. The molecule has 0 aliphatic rings. The quantitative estimate of drug-likeness (QED) is 0.0355. The topological polar surface area (TPSA) is 107 Å². The molecule has 0 spiro atoms. The third kappa shape index (κ3) is 23.6. The number of halogens is 1. The summed E-state index contributed by atoms with van der Waals surface area (Å²) in [5.41, 5.74) is 5.02. The Labute approximate surface area is 512 Å². The molecule has 0 bridgehead atoms. The van der Waals surface area contributed by atoms with E-state index < -0.39 is 0 Å². The number of hydrogen-bond donors (Lipinski definition) is 0. The zero-order valence-electron chi connectivity index (χ0n) is 49.9. The van der Waals surface area contributed by atoms with Crippen molar-refractivity contribution in [3.05, 3.63) is 253 Å². The molecule has 10 heteroatoms. The first kappa shape index (κ1) is 64.7. The summed E-state index contributed by atoms with van der Waals surface area (Å²) in [6, 6.07) is 56.1. The molecule has 9 nitrogen and oxygen atoms in total. The van der Waals surface area contributed by atoms with E-state index in [9.17, 15) is 9.59 Å². The molecule has 0 saturated heterocycles. The van der Waals surface area contributed by atoms with Gasteiger partial charge in [-0.2, -0.15) is 0 Å². The fraction of sp³-hybridized carbons (Fsp3) is 0.333. The zero-order valence-corrected chi connectivity index (χ0v) is 51.5. The van der Waals surface area contributed by atoms with Crippen LogP contribution in [0.4, 0.5) is 0 Å². The van der Waals surface area contributed by atoms with Crippen molar-refractivity contribution < 1.29 is 32.5 Å². The van der Waals surface area contributed by atoms with E-state index in [1.807, 2.05) is 176 Å². The zero-order chi connectivity index (χ0) is 59.4. The number of rotatable bonds is 36. The van der Waals surface area contributed by atoms with Gasteiger partial charge in [-0.15, -0.1) is 0 Å². The van der Waals surface area contributed by atoms with Crippen LogP contribution in [0.25, 0.3) is 23.5 Å². The maximum Gasteiger partial charge on any atom is 0.228 e. The summed E-state index contributed by atoms with van der Waals surface area (Å²) < 4.78 is 44.2. The molecule has 0 unspecified atom stereocenters. The molecule has 0 N–H and O–H groups in total. The Balaban J connectivity index is 0.000000310. The average Bonchev–Trinajstić information content (AvgIpc) is 3.56. The van der Waals surface area contributed by atoms with Gasteiger partial charge in [0.05, 0.1) is 0 Å². The van der Waals surface area contributed by atoms with Crippen LogP contribution in [0.5, 0.6) is 28.7 Å². The summed E-state index contributed by atoms with van der Waals surface area (Å²) >= 11 is 3.31. The second-order valence-electron chi connectivity index (χ2n) is 21.3. The third-order valence-corrected chi connectivity index (χ3v) is 14.8. The maximum absolute atomic E-state index is 13.9. The fourth-order valence-corrected chi connectivity index (χ4v) is 10.0. The first-order valence-electron chi connectivity index (χ1n) is 30.7. The highest BCUT2D eigenvalue weighted by Crippen LogP contribution is 2.45. The first-order chi connectivity index (χ1) is 41.9. The van der Waals surface area contributed by atoms with Crippen LogP contribution in [0, 0.1) is 0 Å². The van der Waals surface area contributed by atoms with Gasteiger partial charge in [0.2, 0.25) is 32.8 Å². The lowest BCUT2D eigenvalue weighted by molar-refractivity contribution is 0.230. The van der Waals surface area contributed by atoms with Crippen LogP contribution >= 0.6 is 15.9 Å². The molecule has 0 atom stereocenters. The van der Waals surface area contributed by atoms with E-state index in [2.05, 4.69) is 41.9 Å². The van der Waals surface area contributed by atoms with E-state index in [-0.39, 0.29) is 47.9 Å². The Morgan fingerprint density at radius 2 is 0.682 bits per heavy atom. The van der Waals surface area contributed by atoms with E-state index >= 15 is 0 Å². The SMILES string of the molecule is CCCCCCCCCCC=Cc1cc(=O)c(OCc2ccccc2)c(-c2cc(OCc3ccccc3)c(OCc3ccccc3)c(OCc3ccccc3)c2)o1.CCCCCCCCCCC=Cc1cc(=O)c(OCc2ccccc2)c(Br)o1. The molecule has 0 saturated carbocycles. The fourth-order valence-electron chi connectivity index (χ4n) is 9.51. The molecule has 2 aromatic heterocycles. The van der Waals surface area contributed by atoms with Crippen molar-refractivity contribution in [1.82, 2.24) is 0 Å². The van der Waals surface area contributed by atoms with Crippen molar-refractivity contribution in [3.8, 4) is 40.1 Å². The third-order valence-electron chi connectivity index (χ3n) is 14.3. The van der Waals surface area contributed by atoms with Gasteiger partial charge in [0, 0.05) is 17.7 Å². The molecule has 0 aliphatic carbocycles. The highest BCUT2D eigenvalue weighted by molar-refractivity contribution is 9.10. The number of benzene rings is 6. The number of ether oxygens (including phenoxy) is 5. The van der Waals surface area contributed by atoms with Gasteiger partial charge < -0.3 is 32.5 Å². The lowest BCUT2D eigenvalue weighted by Crippen LogP contribution is -2.10. The molecule has 2 heterocycles. The van der Waals surface area contributed by atoms with Crippen LogP contribution < -0.4 is 34.5 Å². The average molecular weight is 1210 g/mol. The summed E-state index contributed by atoms with van der Waals surface area (Å²) in [6.45, 7) is 5.89. The molecule has 0 fully saturated rings. The minimum Gasteiger partial charge on any atom is -0.485 e. The van der Waals surface area contributed by atoms with Gasteiger partial charge in [-0.05, 0) is 93.7 Å². The van der Waals surface area contributed by atoms with Crippen LogP contribution in [0.1, 0.15) is 169 Å². The first-order valence-corrected chi connectivity index (χ1v) is 31.5. The predicted octanol–water partition coefficient (Wildman–Crippen LogP) is 20.7. The lowest BCUT2D eigenvalue weighted by Gasteiger charge is -2.20. The molecular weight excluding hydrogens is 1120 g/mol. The van der Waals surface area contributed by atoms with E-state index in [0.29, 0.717) is 52.2 Å². The van der Waals surface area contributed by atoms with Gasteiger partial charge in [-0.25, -0.2) is 0 Å². The van der Waals surface area contributed by atoms with Crippen LogP contribution in [0.15, 0.2) is 211 Å². The van der Waals surface area contributed by atoms with Crippen LogP contribution in [0.3, 0.4) is 0 Å². The minimum atomic E-state index is -0.276. The number of hydrogen-bond acceptors (Lipinski definition) is 9. The predicted molar refractivity (Wildman–Crippen MR) is 349 cm³/mol. The standard InChI is InChI=1S/C51H54O6.C24H31BrO3/c1-2-3-4-5-6-7-8-9-10-23-32-45-35-46(52)50(55-38-42-28-19-13-20-29-42)49(57-45)44-33-47(53-36-40-24-15-11-16-25-40)51(56-39-43-30-21-14-22-31-43)48(34-44)54-37-41-26-17-12-18-27-41;1-2-3-4-5-6-7-8-9-10-14-17-21-18-22(26)23(24(25)28-21)27-19-20-15-12-11-13-16-20/h11-35H,2-10,36-39H2,1H3;11-18H,2-10,19H2,1H3. The second-order valence-corrected chi connectivity index (χ2v) is 22.0. The Morgan fingerprint density at radius 3 is 1.06 bits per heavy atom. The smallest absolute Gasteiger partial charge is 0.228 e. The molecule has 0 amide bonds. The van der Waals surface area contributed by atoms with Gasteiger partial charge in [-0.1, -0.05) is 268 Å². The lowest BCUT2D eigenvalue weighted by atomic mass is 10.1. The number of unbranched alkanes of at least 4 members (excludes halogenated alkanes) is 16. The van der Waals surface area contributed by atoms with Gasteiger partial charge in [0.1, 0.15) is 44.6 Å². The van der Waals surface area contributed by atoms with E-state index in [1.54, 1.807) is 0 Å². The van der Waals surface area contributed by atoms with Crippen molar-refractivity contribution in [3.63, 3.8) is 0 Å². The van der Waals surface area contributed by atoms with Crippen molar-refractivity contribution >= 4 is 28.1 Å². The molecule has 446 valence electrons. The Hall–Kier alpha value is -7.82. The summed E-state index contributed by atoms with van der Waals surface area (Å²) in [5, 5.41) is 0. The van der Waals surface area contributed by atoms with Crippen molar-refractivity contribution in [2.45, 2.75) is 162 Å². The molecule has 8 aromatic rings. The maximum atomic E-state index is 13.9. The van der Waals surface area contributed by atoms with Crippen molar-refractivity contribution in [1.29, 1.82) is 0 Å². The Bertz CT molecular complexity index is 3240. The largest absolute Gasteiger partial charge is 0.485 e. The van der Waals surface area contributed by atoms with Crippen LogP contribution in [-0.4, -0.2) is 0 Å². The van der Waals surface area contributed by atoms with E-state index in [0.717, 1.165) is 47.1 Å². The molecule has 0 radical (unpaired) electrons. The molecule has 6 aromatic carbocycles. The van der Waals surface area contributed by atoms with Crippen molar-refractivity contribution in [2.24, 2.45) is 0 Å².